The van der Waals surface area contributed by atoms with Crippen LogP contribution in [0.25, 0.3) is 0 Å². The van der Waals surface area contributed by atoms with Crippen molar-refractivity contribution in [2.75, 3.05) is 0 Å². The van der Waals surface area contributed by atoms with E-state index in [9.17, 15) is 24.0 Å². The molecule has 4 N–H and O–H groups in total. The van der Waals surface area contributed by atoms with Crippen LogP contribution in [0.1, 0.15) is 0 Å². The van der Waals surface area contributed by atoms with E-state index >= 15 is 0 Å². The van der Waals surface area contributed by atoms with Gasteiger partial charge in [-0.25, -0.2) is 0 Å². The summed E-state index contributed by atoms with van der Waals surface area (Å²) in [5.74, 6) is -12.7. The van der Waals surface area contributed by atoms with Gasteiger partial charge in [-0.1, -0.05) is 0 Å². The summed E-state index contributed by atoms with van der Waals surface area (Å²) in [5.41, 5.74) is -3.65. The minimum atomic E-state index is -3.65. The van der Waals surface area contributed by atoms with Crippen LogP contribution < -0.4 is 0 Å². The molecule has 0 spiro atoms. The second-order valence-corrected chi connectivity index (χ2v) is 4.28. The summed E-state index contributed by atoms with van der Waals surface area (Å²) >= 11 is -0.378. The van der Waals surface area contributed by atoms with Gasteiger partial charge >= 0.3 is 118 Å². The average Bonchev–Trinajstić information content (AvgIpc) is 2.31. The summed E-state index contributed by atoms with van der Waals surface area (Å²) in [4.78, 5) is 54.9. The van der Waals surface area contributed by atoms with E-state index in [1.807, 2.05) is 0 Å². The number of carboxylic acids is 4. The number of carboxylic acid groups (broad SMARTS) is 4. The van der Waals surface area contributed by atoms with Crippen molar-refractivity contribution in [2.45, 2.75) is 0 Å². The van der Waals surface area contributed by atoms with Crippen molar-refractivity contribution in [3.8, 4) is 0 Å². The normalized spacial score (nSPS) is 12.8. The van der Waals surface area contributed by atoms with Crippen molar-refractivity contribution in [1.82, 2.24) is 0 Å². The molecule has 1 unspecified atom stereocenters. The molecule has 11 heteroatoms. The molecule has 0 aliphatic heterocycles. The van der Waals surface area contributed by atoms with Crippen LogP contribution in [0.3, 0.4) is 0 Å². The summed E-state index contributed by atoms with van der Waals surface area (Å²) in [5, 5.41) is 35.4. The molecule has 20 heavy (non-hydrogen) atoms. The van der Waals surface area contributed by atoms with Gasteiger partial charge in [-0.15, -0.1) is 0 Å². The minimum absolute atomic E-state index is 0.368. The van der Waals surface area contributed by atoms with Crippen molar-refractivity contribution < 1.29 is 48.2 Å². The van der Waals surface area contributed by atoms with E-state index in [-0.39, 0.29) is 16.9 Å². The predicted octanol–water partition coefficient (Wildman–Crippen LogP) is -2.69. The van der Waals surface area contributed by atoms with Gasteiger partial charge in [-0.3, -0.25) is 0 Å². The second kappa shape index (κ2) is 6.70. The van der Waals surface area contributed by atoms with Crippen LogP contribution in [0.2, 0.25) is 0 Å². The molecule has 0 fully saturated rings. The third kappa shape index (κ3) is 3.14. The van der Waals surface area contributed by atoms with Gasteiger partial charge in [0, 0.05) is 0 Å². The fourth-order valence-electron chi connectivity index (χ4n) is 1.33. The monoisotopic (exact) mass is 352 g/mol. The first-order valence-corrected chi connectivity index (χ1v) is 6.52. The maximum absolute atomic E-state index is 11.0. The molecule has 0 amide bonds. The van der Waals surface area contributed by atoms with Gasteiger partial charge in [-0.2, -0.15) is 0 Å². The van der Waals surface area contributed by atoms with E-state index in [0.717, 1.165) is 0 Å². The molecule has 0 saturated carbocycles. The Hall–Kier alpha value is -2.37. The van der Waals surface area contributed by atoms with E-state index in [1.54, 1.807) is 0 Å². The van der Waals surface area contributed by atoms with E-state index < -0.39 is 41.2 Å². The van der Waals surface area contributed by atoms with Crippen LogP contribution in [-0.2, 0) is 27.7 Å². The average molecular weight is 351 g/mol. The van der Waals surface area contributed by atoms with Crippen molar-refractivity contribution in [3.05, 3.63) is 12.2 Å². The molecular formula is C9H10GeO10. The number of rotatable bonds is 7. The molecule has 110 valence electrons. The van der Waals surface area contributed by atoms with Gasteiger partial charge in [0.2, 0.25) is 0 Å². The molecular weight excluding hydrogens is 341 g/mol. The van der Waals surface area contributed by atoms with Crippen LogP contribution in [0, 0.1) is 11.3 Å². The molecule has 0 radical (unpaired) electrons. The Morgan fingerprint density at radius 2 is 1.35 bits per heavy atom. The zero-order valence-electron chi connectivity index (χ0n) is 9.97. The zero-order chi connectivity index (χ0) is 16.1. The van der Waals surface area contributed by atoms with Gasteiger partial charge < -0.3 is 0 Å². The maximum atomic E-state index is 11.0. The Balaban J connectivity index is 6.06. The Labute approximate surface area is 119 Å². The number of carbonyl (C=O) groups is 5. The number of hydrogen-bond donors (Lipinski definition) is 4. The summed E-state index contributed by atoms with van der Waals surface area (Å²) in [6.07, 6.45) is 0.848. The standard InChI is InChI=1S/C9H10GeO10/c10-20-4(11)2-1-3(5(12)13)9(6(14)15,7(16)17)8(18)19/h1-3H,10H3,(H,12,13)(H,14,15)(H,16,17)(H,18,19). The van der Waals surface area contributed by atoms with Crippen molar-refractivity contribution in [2.24, 2.45) is 11.3 Å². The Kier molecular flexibility index (Phi) is 5.91. The number of aliphatic carboxylic acids is 4. The Bertz CT molecular complexity index is 457. The molecule has 0 saturated heterocycles. The summed E-state index contributed by atoms with van der Waals surface area (Å²) in [7, 11) is 0. The van der Waals surface area contributed by atoms with E-state index in [0.29, 0.717) is 12.2 Å². The molecule has 1 atom stereocenters. The molecule has 10 nitrogen and oxygen atoms in total. The van der Waals surface area contributed by atoms with Gasteiger partial charge in [0.15, 0.2) is 0 Å². The second-order valence-electron chi connectivity index (χ2n) is 3.42. The van der Waals surface area contributed by atoms with Gasteiger partial charge in [0.25, 0.3) is 0 Å². The van der Waals surface area contributed by atoms with Crippen LogP contribution in [0.5, 0.6) is 0 Å². The van der Waals surface area contributed by atoms with Crippen molar-refractivity contribution in [3.63, 3.8) is 0 Å². The third-order valence-electron chi connectivity index (χ3n) is 2.37. The Morgan fingerprint density at radius 3 is 1.60 bits per heavy atom. The molecule has 0 heterocycles. The van der Waals surface area contributed by atoms with E-state index in [2.05, 4.69) is 3.76 Å². The molecule has 0 aromatic heterocycles. The van der Waals surface area contributed by atoms with Gasteiger partial charge in [0.05, 0.1) is 0 Å². The van der Waals surface area contributed by atoms with E-state index in [4.69, 9.17) is 20.4 Å². The van der Waals surface area contributed by atoms with Gasteiger partial charge in [0.1, 0.15) is 0 Å². The molecule has 0 aromatic rings. The molecule has 0 aromatic carbocycles. The van der Waals surface area contributed by atoms with Crippen LogP contribution in [-0.4, -0.2) is 67.1 Å². The molecule has 0 aliphatic carbocycles. The zero-order valence-corrected chi connectivity index (χ0v) is 14.2. The van der Waals surface area contributed by atoms with Crippen molar-refractivity contribution >= 4 is 46.7 Å². The fourth-order valence-corrected chi connectivity index (χ4v) is 1.61. The number of hydrogen-bond acceptors (Lipinski definition) is 6. The quantitative estimate of drug-likeness (QED) is 0.215. The first-order valence-electron chi connectivity index (χ1n) is 4.81. The topological polar surface area (TPSA) is 175 Å². The van der Waals surface area contributed by atoms with Crippen LogP contribution in [0.15, 0.2) is 12.2 Å². The van der Waals surface area contributed by atoms with Crippen LogP contribution >= 0.6 is 0 Å². The summed E-state index contributed by atoms with van der Waals surface area (Å²) < 4.78 is 4.30. The van der Waals surface area contributed by atoms with Crippen LogP contribution in [0.4, 0.5) is 0 Å². The first kappa shape index (κ1) is 17.6. The Morgan fingerprint density at radius 1 is 0.950 bits per heavy atom. The first-order chi connectivity index (χ1) is 9.12. The van der Waals surface area contributed by atoms with Gasteiger partial charge in [-0.05, 0) is 0 Å². The van der Waals surface area contributed by atoms with E-state index in [1.165, 1.54) is 0 Å². The number of carbonyl (C=O) groups excluding carboxylic acids is 1. The molecule has 0 bridgehead atoms. The molecule has 0 aliphatic rings. The molecule has 0 rings (SSSR count). The third-order valence-corrected chi connectivity index (χ3v) is 3.21. The fraction of sp³-hybridized carbons (Fsp3) is 0.222. The summed E-state index contributed by atoms with van der Waals surface area (Å²) in [6, 6.07) is 0. The SMILES string of the molecule is O=C(C=CC(C(=O)O)C(C(=O)O)(C(=O)O)C(=O)O)[O][GeH3]. The summed E-state index contributed by atoms with van der Waals surface area (Å²) in [6.45, 7) is 0. The van der Waals surface area contributed by atoms with Crippen molar-refractivity contribution in [1.29, 1.82) is 0 Å². The predicted molar refractivity (Wildman–Crippen MR) is 61.6 cm³/mol.